The third-order valence-corrected chi connectivity index (χ3v) is 4.42. The molecule has 0 saturated carbocycles. The molecule has 0 spiro atoms. The first-order chi connectivity index (χ1) is 16.0. The molecule has 0 radical (unpaired) electrons. The summed E-state index contributed by atoms with van der Waals surface area (Å²) in [5.41, 5.74) is 1.74. The van der Waals surface area contributed by atoms with Gasteiger partial charge in [0.05, 0.1) is 13.5 Å². The van der Waals surface area contributed by atoms with E-state index in [1.807, 2.05) is 24.3 Å². The fourth-order valence-electron chi connectivity index (χ4n) is 2.97. The van der Waals surface area contributed by atoms with Gasteiger partial charge >= 0.3 is 0 Å². The van der Waals surface area contributed by atoms with Crippen molar-refractivity contribution in [2.45, 2.75) is 13.3 Å². The lowest BCUT2D eigenvalue weighted by Crippen LogP contribution is -2.14. The van der Waals surface area contributed by atoms with E-state index in [1.54, 1.807) is 26.2 Å². The number of benzene rings is 2. The number of aromatic amines is 1. The second-order valence-corrected chi connectivity index (χ2v) is 7.02. The molecule has 2 aromatic carbocycles. The van der Waals surface area contributed by atoms with Crippen molar-refractivity contribution in [3.05, 3.63) is 71.9 Å². The fraction of sp³-hybridized carbons (Fsp3) is 0.136. The average Bonchev–Trinajstić information content (AvgIpc) is 3.20. The van der Waals surface area contributed by atoms with Gasteiger partial charge in [0.15, 0.2) is 5.82 Å². The van der Waals surface area contributed by atoms with Crippen LogP contribution in [-0.4, -0.2) is 38.2 Å². The zero-order valence-corrected chi connectivity index (χ0v) is 17.9. The molecule has 4 N–H and O–H groups in total. The summed E-state index contributed by atoms with van der Waals surface area (Å²) in [4.78, 5) is 25.1. The Morgan fingerprint density at radius 2 is 1.76 bits per heavy atom. The van der Waals surface area contributed by atoms with Crippen LogP contribution in [0.3, 0.4) is 0 Å². The lowest BCUT2D eigenvalue weighted by atomic mass is 10.2. The Kier molecular flexibility index (Phi) is 6.39. The van der Waals surface area contributed by atoms with E-state index in [-0.39, 0.29) is 12.3 Å². The van der Waals surface area contributed by atoms with E-state index in [2.05, 4.69) is 41.1 Å². The van der Waals surface area contributed by atoms with Crippen LogP contribution in [0.4, 0.5) is 33.5 Å². The molecular weight excluding hydrogens is 427 g/mol. The highest BCUT2D eigenvalue weighted by Gasteiger charge is 2.10. The summed E-state index contributed by atoms with van der Waals surface area (Å²) in [6.07, 6.45) is 0.0334. The number of methoxy groups -OCH3 is 1. The highest BCUT2D eigenvalue weighted by molar-refractivity contribution is 5.92. The maximum atomic E-state index is 13.3. The van der Waals surface area contributed by atoms with Gasteiger partial charge in [-0.3, -0.25) is 9.89 Å². The van der Waals surface area contributed by atoms with Gasteiger partial charge in [-0.15, -0.1) is 0 Å². The second kappa shape index (κ2) is 9.73. The lowest BCUT2D eigenvalue weighted by molar-refractivity contribution is -0.115. The first-order valence-electron chi connectivity index (χ1n) is 9.97. The summed E-state index contributed by atoms with van der Waals surface area (Å²) in [6.45, 7) is 1.75. The quantitative estimate of drug-likeness (QED) is 0.321. The number of anilines is 5. The summed E-state index contributed by atoms with van der Waals surface area (Å²) in [6, 6.07) is 14.7. The molecule has 0 aliphatic carbocycles. The van der Waals surface area contributed by atoms with Crippen molar-refractivity contribution in [1.82, 2.24) is 25.1 Å². The Hall–Kier alpha value is -4.54. The largest absolute Gasteiger partial charge is 0.497 e. The second-order valence-electron chi connectivity index (χ2n) is 7.02. The van der Waals surface area contributed by atoms with Gasteiger partial charge in [0.25, 0.3) is 0 Å². The van der Waals surface area contributed by atoms with Crippen molar-refractivity contribution < 1.29 is 13.9 Å². The number of halogens is 1. The molecule has 0 fully saturated rings. The maximum Gasteiger partial charge on any atom is 0.233 e. The molecule has 168 valence electrons. The number of aromatic nitrogens is 5. The monoisotopic (exact) mass is 448 g/mol. The maximum absolute atomic E-state index is 13.3. The van der Waals surface area contributed by atoms with Crippen LogP contribution in [0, 0.1) is 12.7 Å². The molecule has 0 bridgehead atoms. The normalized spacial score (nSPS) is 10.5. The predicted molar refractivity (Wildman–Crippen MR) is 121 cm³/mol. The van der Waals surface area contributed by atoms with E-state index >= 15 is 0 Å². The minimum atomic E-state index is -0.422. The number of hydrogen-bond acceptors (Lipinski definition) is 8. The molecule has 1 amide bonds. The summed E-state index contributed by atoms with van der Waals surface area (Å²) >= 11 is 0. The van der Waals surface area contributed by atoms with E-state index in [9.17, 15) is 9.18 Å². The Morgan fingerprint density at radius 3 is 2.48 bits per heavy atom. The molecule has 0 saturated heterocycles. The number of H-pyrrole nitrogens is 1. The summed E-state index contributed by atoms with van der Waals surface area (Å²) in [7, 11) is 1.60. The van der Waals surface area contributed by atoms with Gasteiger partial charge in [-0.2, -0.15) is 20.1 Å². The molecular formula is C22H21FN8O2. The van der Waals surface area contributed by atoms with Crippen molar-refractivity contribution in [2.75, 3.05) is 23.1 Å². The van der Waals surface area contributed by atoms with Crippen molar-refractivity contribution in [3.8, 4) is 5.75 Å². The number of aryl methyl sites for hydroxylation is 1. The molecule has 4 rings (SSSR count). The van der Waals surface area contributed by atoms with E-state index in [1.165, 1.54) is 18.2 Å². The van der Waals surface area contributed by atoms with Gasteiger partial charge in [0, 0.05) is 23.1 Å². The topological polar surface area (TPSA) is 130 Å². The smallest absolute Gasteiger partial charge is 0.233 e. The van der Waals surface area contributed by atoms with Gasteiger partial charge in [0.1, 0.15) is 17.4 Å². The third-order valence-electron chi connectivity index (χ3n) is 4.42. The van der Waals surface area contributed by atoms with Crippen molar-refractivity contribution in [1.29, 1.82) is 0 Å². The Balaban J connectivity index is 1.39. The Labute approximate surface area is 188 Å². The van der Waals surface area contributed by atoms with Crippen LogP contribution in [0.25, 0.3) is 0 Å². The molecule has 2 aromatic heterocycles. The van der Waals surface area contributed by atoms with E-state index < -0.39 is 5.82 Å². The molecule has 4 aromatic rings. The Morgan fingerprint density at radius 1 is 1.00 bits per heavy atom. The van der Waals surface area contributed by atoms with E-state index in [0.717, 1.165) is 11.4 Å². The average molecular weight is 448 g/mol. The minimum Gasteiger partial charge on any atom is -0.497 e. The summed E-state index contributed by atoms with van der Waals surface area (Å²) in [5, 5.41) is 15.7. The Bertz CT molecular complexity index is 1260. The number of carbonyl (C=O) groups is 1. The highest BCUT2D eigenvalue weighted by Crippen LogP contribution is 2.19. The lowest BCUT2D eigenvalue weighted by Gasteiger charge is -2.08. The van der Waals surface area contributed by atoms with Crippen molar-refractivity contribution >= 4 is 35.0 Å². The van der Waals surface area contributed by atoms with Gasteiger partial charge in [0.2, 0.25) is 17.8 Å². The number of amides is 1. The zero-order chi connectivity index (χ0) is 23.2. The van der Waals surface area contributed by atoms with Crippen LogP contribution in [0.15, 0.2) is 54.6 Å². The molecule has 0 aliphatic rings. The molecule has 10 nitrogen and oxygen atoms in total. The van der Waals surface area contributed by atoms with Gasteiger partial charge in [-0.05, 0) is 49.4 Å². The predicted octanol–water partition coefficient (Wildman–Crippen LogP) is 3.72. The molecule has 2 heterocycles. The van der Waals surface area contributed by atoms with Crippen molar-refractivity contribution in [2.24, 2.45) is 0 Å². The standard InChI is InChI=1S/C22H21FN8O2/c1-13-24-21(27-15-6-8-18(33-2)9-7-15)29-22(25-13)28-19-11-17(30-31-19)12-20(32)26-16-5-3-4-14(23)10-16/h3-11H,12H2,1-2H3,(H,26,32)(H3,24,25,27,28,29,30,31). The molecule has 0 unspecified atom stereocenters. The first-order valence-corrected chi connectivity index (χ1v) is 9.97. The molecule has 0 atom stereocenters. The van der Waals surface area contributed by atoms with Gasteiger partial charge in [-0.25, -0.2) is 4.39 Å². The third kappa shape index (κ3) is 6.00. The molecule has 11 heteroatoms. The number of ether oxygens (including phenoxy) is 1. The van der Waals surface area contributed by atoms with E-state index in [0.29, 0.717) is 34.9 Å². The van der Waals surface area contributed by atoms with Crippen LogP contribution in [0.2, 0.25) is 0 Å². The van der Waals surface area contributed by atoms with Crippen LogP contribution in [0.1, 0.15) is 11.5 Å². The number of nitrogens with zero attached hydrogens (tertiary/aromatic N) is 4. The SMILES string of the molecule is COc1ccc(Nc2nc(C)nc(Nc3cc(CC(=O)Nc4cccc(F)c4)[nH]n3)n2)cc1. The van der Waals surface area contributed by atoms with Crippen LogP contribution in [0.5, 0.6) is 5.75 Å². The number of rotatable bonds is 8. The minimum absolute atomic E-state index is 0.0334. The number of nitrogens with one attached hydrogen (secondary N) is 4. The zero-order valence-electron chi connectivity index (χ0n) is 17.9. The highest BCUT2D eigenvalue weighted by atomic mass is 19.1. The summed E-state index contributed by atoms with van der Waals surface area (Å²) < 4.78 is 18.4. The fourth-order valence-corrected chi connectivity index (χ4v) is 2.97. The first kappa shape index (κ1) is 21.7. The van der Waals surface area contributed by atoms with E-state index in [4.69, 9.17) is 4.74 Å². The van der Waals surface area contributed by atoms with Crippen LogP contribution >= 0.6 is 0 Å². The van der Waals surface area contributed by atoms with Gasteiger partial charge < -0.3 is 20.7 Å². The van der Waals surface area contributed by atoms with Crippen LogP contribution < -0.4 is 20.7 Å². The number of hydrogen-bond donors (Lipinski definition) is 4. The van der Waals surface area contributed by atoms with Gasteiger partial charge in [-0.1, -0.05) is 6.07 Å². The molecule has 33 heavy (non-hydrogen) atoms. The number of carbonyl (C=O) groups excluding carboxylic acids is 1. The van der Waals surface area contributed by atoms with Crippen LogP contribution in [-0.2, 0) is 11.2 Å². The molecule has 0 aliphatic heterocycles. The summed E-state index contributed by atoms with van der Waals surface area (Å²) in [5.74, 6) is 1.61. The van der Waals surface area contributed by atoms with Crippen molar-refractivity contribution in [3.63, 3.8) is 0 Å².